The van der Waals surface area contributed by atoms with E-state index in [0.29, 0.717) is 13.2 Å². The van der Waals surface area contributed by atoms with Crippen molar-refractivity contribution in [2.45, 2.75) is 45.3 Å². The van der Waals surface area contributed by atoms with Gasteiger partial charge < -0.3 is 25.2 Å². The number of carbonyl (C=O) groups is 3. The molecule has 0 saturated carbocycles. The van der Waals surface area contributed by atoms with Crippen molar-refractivity contribution in [2.75, 3.05) is 20.2 Å². The Hall–Kier alpha value is -1.83. The first kappa shape index (κ1) is 19.2. The highest BCUT2D eigenvalue weighted by atomic mass is 16.5. The Morgan fingerprint density at radius 2 is 1.86 bits per heavy atom. The number of urea groups is 1. The molecule has 0 radical (unpaired) electrons. The van der Waals surface area contributed by atoms with E-state index in [-0.39, 0.29) is 25.4 Å². The van der Waals surface area contributed by atoms with E-state index in [4.69, 9.17) is 14.9 Å². The predicted octanol–water partition coefficient (Wildman–Crippen LogP) is 0.761. The van der Waals surface area contributed by atoms with Crippen molar-refractivity contribution in [2.24, 2.45) is 0 Å². The fourth-order valence-corrected chi connectivity index (χ4v) is 1.50. The minimum Gasteiger partial charge on any atom is -0.481 e. The van der Waals surface area contributed by atoms with E-state index in [1.54, 1.807) is 0 Å². The zero-order valence-electron chi connectivity index (χ0n) is 12.7. The smallest absolute Gasteiger partial charge is 0.326 e. The second-order valence-electron chi connectivity index (χ2n) is 4.97. The number of likely N-dealkylation sites (N-methyl/N-ethyl adjacent to an activating group) is 1. The summed E-state index contributed by atoms with van der Waals surface area (Å²) in [5.74, 6) is -2.17. The maximum absolute atomic E-state index is 11.8. The molecule has 0 spiro atoms. The fourth-order valence-electron chi connectivity index (χ4n) is 1.50. The molecule has 21 heavy (non-hydrogen) atoms. The largest absolute Gasteiger partial charge is 0.481 e. The summed E-state index contributed by atoms with van der Waals surface area (Å²) in [6, 6.07) is -1.62. The first-order valence-electron chi connectivity index (χ1n) is 6.81. The van der Waals surface area contributed by atoms with Crippen molar-refractivity contribution >= 4 is 18.0 Å². The van der Waals surface area contributed by atoms with Crippen LogP contribution in [0.3, 0.4) is 0 Å². The van der Waals surface area contributed by atoms with Crippen molar-refractivity contribution in [3.05, 3.63) is 0 Å². The summed E-state index contributed by atoms with van der Waals surface area (Å²) in [6.07, 6.45) is 0.193. The standard InChI is InChI=1S/C13H24N2O6/c1-9(2)21-8-7-15(3)13(20)14-10(12(18)19)5-4-6-11(16)17/h9-10H,4-8H2,1-3H3,(H,14,20)(H,16,17)(H,18,19)/t10-/m1/s1. The molecule has 0 heterocycles. The molecule has 0 aliphatic rings. The van der Waals surface area contributed by atoms with Gasteiger partial charge in [-0.05, 0) is 26.7 Å². The van der Waals surface area contributed by atoms with Crippen LogP contribution < -0.4 is 5.32 Å². The van der Waals surface area contributed by atoms with E-state index in [0.717, 1.165) is 0 Å². The fraction of sp³-hybridized carbons (Fsp3) is 0.769. The van der Waals surface area contributed by atoms with Crippen LogP contribution in [-0.2, 0) is 14.3 Å². The van der Waals surface area contributed by atoms with Gasteiger partial charge in [0.1, 0.15) is 6.04 Å². The molecule has 1 atom stereocenters. The first-order chi connectivity index (χ1) is 9.73. The van der Waals surface area contributed by atoms with Gasteiger partial charge in [0.05, 0.1) is 12.7 Å². The molecule has 0 saturated heterocycles. The van der Waals surface area contributed by atoms with Crippen LogP contribution in [0.2, 0.25) is 0 Å². The Morgan fingerprint density at radius 3 is 2.33 bits per heavy atom. The summed E-state index contributed by atoms with van der Waals surface area (Å²) in [5, 5.41) is 19.9. The number of carbonyl (C=O) groups excluding carboxylic acids is 1. The van der Waals surface area contributed by atoms with Gasteiger partial charge in [-0.3, -0.25) is 4.79 Å². The van der Waals surface area contributed by atoms with E-state index in [2.05, 4.69) is 5.32 Å². The zero-order valence-corrected chi connectivity index (χ0v) is 12.7. The van der Waals surface area contributed by atoms with Crippen LogP contribution in [0.5, 0.6) is 0 Å². The molecule has 8 heteroatoms. The molecule has 0 rings (SSSR count). The number of hydrogen-bond donors (Lipinski definition) is 3. The Morgan fingerprint density at radius 1 is 1.24 bits per heavy atom. The molecule has 3 N–H and O–H groups in total. The summed E-state index contributed by atoms with van der Waals surface area (Å²) in [6.45, 7) is 4.45. The molecule has 0 aromatic carbocycles. The van der Waals surface area contributed by atoms with Gasteiger partial charge in [-0.1, -0.05) is 0 Å². The number of nitrogens with one attached hydrogen (secondary N) is 1. The lowest BCUT2D eigenvalue weighted by atomic mass is 10.1. The number of carboxylic acid groups (broad SMARTS) is 2. The third kappa shape index (κ3) is 9.67. The molecule has 0 aliphatic heterocycles. The van der Waals surface area contributed by atoms with Gasteiger partial charge >= 0.3 is 18.0 Å². The molecule has 0 aromatic heterocycles. The number of aliphatic carboxylic acids is 2. The summed E-state index contributed by atoms with van der Waals surface area (Å²) in [7, 11) is 1.54. The number of carboxylic acids is 2. The monoisotopic (exact) mass is 304 g/mol. The Kier molecular flexibility index (Phi) is 9.11. The average Bonchev–Trinajstić information content (AvgIpc) is 2.36. The maximum atomic E-state index is 11.8. The number of rotatable bonds is 10. The molecule has 0 aromatic rings. The first-order valence-corrected chi connectivity index (χ1v) is 6.81. The normalized spacial score (nSPS) is 12.0. The van der Waals surface area contributed by atoms with Gasteiger partial charge in [-0.25, -0.2) is 9.59 Å². The van der Waals surface area contributed by atoms with Crippen molar-refractivity contribution in [3.63, 3.8) is 0 Å². The van der Waals surface area contributed by atoms with Gasteiger partial charge in [-0.2, -0.15) is 0 Å². The van der Waals surface area contributed by atoms with E-state index in [1.165, 1.54) is 11.9 Å². The van der Waals surface area contributed by atoms with E-state index >= 15 is 0 Å². The molecular formula is C13H24N2O6. The molecule has 0 aliphatic carbocycles. The van der Waals surface area contributed by atoms with Crippen molar-refractivity contribution in [1.29, 1.82) is 0 Å². The summed E-state index contributed by atoms with van der Waals surface area (Å²) in [5.41, 5.74) is 0. The van der Waals surface area contributed by atoms with Gasteiger partial charge in [0.25, 0.3) is 0 Å². The SMILES string of the molecule is CC(C)OCCN(C)C(=O)N[C@H](CCCC(=O)O)C(=O)O. The second kappa shape index (κ2) is 9.98. The van der Waals surface area contributed by atoms with Crippen LogP contribution in [0.25, 0.3) is 0 Å². The van der Waals surface area contributed by atoms with Gasteiger partial charge in [0.15, 0.2) is 0 Å². The van der Waals surface area contributed by atoms with E-state index < -0.39 is 24.0 Å². The van der Waals surface area contributed by atoms with Crippen LogP contribution in [-0.4, -0.2) is 65.4 Å². The van der Waals surface area contributed by atoms with Crippen molar-refractivity contribution < 1.29 is 29.3 Å². The third-order valence-corrected chi connectivity index (χ3v) is 2.70. The Balaban J connectivity index is 4.20. The van der Waals surface area contributed by atoms with Crippen LogP contribution in [0.15, 0.2) is 0 Å². The number of nitrogens with zero attached hydrogens (tertiary/aromatic N) is 1. The van der Waals surface area contributed by atoms with Crippen LogP contribution >= 0.6 is 0 Å². The highest BCUT2D eigenvalue weighted by molar-refractivity contribution is 5.82. The van der Waals surface area contributed by atoms with Crippen molar-refractivity contribution in [1.82, 2.24) is 10.2 Å². The molecule has 2 amide bonds. The van der Waals surface area contributed by atoms with Crippen LogP contribution in [0.1, 0.15) is 33.1 Å². The zero-order chi connectivity index (χ0) is 16.4. The highest BCUT2D eigenvalue weighted by Crippen LogP contribution is 2.02. The lowest BCUT2D eigenvalue weighted by molar-refractivity contribution is -0.140. The molecule has 0 unspecified atom stereocenters. The van der Waals surface area contributed by atoms with Crippen molar-refractivity contribution in [3.8, 4) is 0 Å². The highest BCUT2D eigenvalue weighted by Gasteiger charge is 2.21. The van der Waals surface area contributed by atoms with Gasteiger partial charge in [0, 0.05) is 20.0 Å². The molecule has 0 bridgehead atoms. The Labute approximate surface area is 124 Å². The number of hydrogen-bond acceptors (Lipinski definition) is 4. The van der Waals surface area contributed by atoms with Crippen LogP contribution in [0, 0.1) is 0 Å². The predicted molar refractivity (Wildman–Crippen MR) is 75.2 cm³/mol. The molecule has 8 nitrogen and oxygen atoms in total. The quantitative estimate of drug-likeness (QED) is 0.548. The third-order valence-electron chi connectivity index (χ3n) is 2.70. The molecule has 122 valence electrons. The van der Waals surface area contributed by atoms with Crippen LogP contribution in [0.4, 0.5) is 4.79 Å². The Bertz CT molecular complexity index is 359. The topological polar surface area (TPSA) is 116 Å². The average molecular weight is 304 g/mol. The van der Waals surface area contributed by atoms with Gasteiger partial charge in [-0.15, -0.1) is 0 Å². The van der Waals surface area contributed by atoms with E-state index in [9.17, 15) is 14.4 Å². The number of ether oxygens (including phenoxy) is 1. The minimum absolute atomic E-state index is 0.0595. The van der Waals surface area contributed by atoms with Gasteiger partial charge in [0.2, 0.25) is 0 Å². The summed E-state index contributed by atoms with van der Waals surface area (Å²) in [4.78, 5) is 34.6. The van der Waals surface area contributed by atoms with E-state index in [1.807, 2.05) is 13.8 Å². The lowest BCUT2D eigenvalue weighted by Gasteiger charge is -2.21. The number of amides is 2. The minimum atomic E-state index is -1.18. The maximum Gasteiger partial charge on any atom is 0.326 e. The molecule has 0 fully saturated rings. The molecular weight excluding hydrogens is 280 g/mol. The summed E-state index contributed by atoms with van der Waals surface area (Å²) < 4.78 is 5.30. The lowest BCUT2D eigenvalue weighted by Crippen LogP contribution is -2.47. The second-order valence-corrected chi connectivity index (χ2v) is 4.97. The summed E-state index contributed by atoms with van der Waals surface area (Å²) >= 11 is 0.